The van der Waals surface area contributed by atoms with Gasteiger partial charge in [-0.05, 0) is 18.4 Å². The summed E-state index contributed by atoms with van der Waals surface area (Å²) in [5, 5.41) is 11.1. The molecular weight excluding hydrogens is 284 g/mol. The molecule has 1 aliphatic rings. The van der Waals surface area contributed by atoms with Gasteiger partial charge in [-0.1, -0.05) is 13.8 Å². The molecule has 1 amide bonds. The number of nitro groups is 1. The standard InChI is InChI=1S/C15H22N4O3/c1-12(2)5-6-14(20)17-8-10-18(11-9-17)15-13(19(21)22)4-3-7-16-15/h3-4,7,12H,5-6,8-11H2,1-2H3. The first-order chi connectivity index (χ1) is 10.5. The number of hydrogen-bond donors (Lipinski definition) is 0. The largest absolute Gasteiger partial charge is 0.347 e. The summed E-state index contributed by atoms with van der Waals surface area (Å²) in [4.78, 5) is 30.6. The van der Waals surface area contributed by atoms with Crippen LogP contribution in [0.3, 0.4) is 0 Å². The Balaban J connectivity index is 1.95. The summed E-state index contributed by atoms with van der Waals surface area (Å²) in [6.07, 6.45) is 3.02. The third-order valence-corrected chi connectivity index (χ3v) is 3.83. The smallest absolute Gasteiger partial charge is 0.311 e. The number of hydrogen-bond acceptors (Lipinski definition) is 5. The summed E-state index contributed by atoms with van der Waals surface area (Å²) < 4.78 is 0. The molecule has 0 unspecified atom stereocenters. The van der Waals surface area contributed by atoms with Gasteiger partial charge in [0.05, 0.1) is 4.92 Å². The molecule has 2 heterocycles. The van der Waals surface area contributed by atoms with E-state index < -0.39 is 4.92 Å². The Bertz CT molecular complexity index is 539. The Morgan fingerprint density at radius 3 is 2.64 bits per heavy atom. The summed E-state index contributed by atoms with van der Waals surface area (Å²) in [5.74, 6) is 1.08. The van der Waals surface area contributed by atoms with Crippen molar-refractivity contribution in [3.8, 4) is 0 Å². The van der Waals surface area contributed by atoms with Crippen LogP contribution in [0.2, 0.25) is 0 Å². The Morgan fingerprint density at radius 1 is 1.36 bits per heavy atom. The zero-order valence-electron chi connectivity index (χ0n) is 13.1. The van der Waals surface area contributed by atoms with Crippen LogP contribution in [-0.2, 0) is 4.79 Å². The van der Waals surface area contributed by atoms with E-state index in [1.165, 1.54) is 6.07 Å². The Morgan fingerprint density at radius 2 is 2.05 bits per heavy atom. The molecule has 0 atom stereocenters. The molecule has 1 saturated heterocycles. The van der Waals surface area contributed by atoms with Crippen molar-refractivity contribution < 1.29 is 9.72 Å². The van der Waals surface area contributed by atoms with E-state index in [-0.39, 0.29) is 11.6 Å². The molecule has 0 radical (unpaired) electrons. The van der Waals surface area contributed by atoms with E-state index in [9.17, 15) is 14.9 Å². The number of carbonyl (C=O) groups excluding carboxylic acids is 1. The van der Waals surface area contributed by atoms with Gasteiger partial charge >= 0.3 is 5.69 Å². The molecule has 22 heavy (non-hydrogen) atoms. The number of anilines is 1. The molecular formula is C15H22N4O3. The summed E-state index contributed by atoms with van der Waals surface area (Å²) in [7, 11) is 0. The minimum absolute atomic E-state index is 0.0158. The fraction of sp³-hybridized carbons (Fsp3) is 0.600. The predicted octanol–water partition coefficient (Wildman–Crippen LogP) is 2.07. The van der Waals surface area contributed by atoms with E-state index in [0.717, 1.165) is 6.42 Å². The molecule has 7 nitrogen and oxygen atoms in total. The molecule has 0 aromatic carbocycles. The van der Waals surface area contributed by atoms with Gasteiger partial charge in [-0.15, -0.1) is 0 Å². The van der Waals surface area contributed by atoms with Gasteiger partial charge in [-0.2, -0.15) is 0 Å². The molecule has 1 aromatic rings. The van der Waals surface area contributed by atoms with Crippen molar-refractivity contribution >= 4 is 17.4 Å². The number of rotatable bonds is 5. The summed E-state index contributed by atoms with van der Waals surface area (Å²) in [5.41, 5.74) is 0.0158. The lowest BCUT2D eigenvalue weighted by Gasteiger charge is -2.35. The number of amides is 1. The second-order valence-electron chi connectivity index (χ2n) is 5.90. The normalized spacial score (nSPS) is 15.2. The van der Waals surface area contributed by atoms with Crippen LogP contribution >= 0.6 is 0 Å². The predicted molar refractivity (Wildman–Crippen MR) is 83.8 cm³/mol. The van der Waals surface area contributed by atoms with E-state index in [2.05, 4.69) is 18.8 Å². The Labute approximate surface area is 130 Å². The molecule has 7 heteroatoms. The van der Waals surface area contributed by atoms with E-state index in [0.29, 0.717) is 44.3 Å². The van der Waals surface area contributed by atoms with Crippen LogP contribution < -0.4 is 4.90 Å². The van der Waals surface area contributed by atoms with Crippen LogP contribution in [0.5, 0.6) is 0 Å². The van der Waals surface area contributed by atoms with Crippen molar-refractivity contribution in [3.63, 3.8) is 0 Å². The number of nitrogens with zero attached hydrogens (tertiary/aromatic N) is 4. The number of aromatic nitrogens is 1. The number of piperazine rings is 1. The SMILES string of the molecule is CC(C)CCC(=O)N1CCN(c2ncccc2[N+](=O)[O-])CC1. The average Bonchev–Trinajstić information content (AvgIpc) is 2.52. The molecule has 120 valence electrons. The first kappa shape index (κ1) is 16.2. The van der Waals surface area contributed by atoms with Crippen molar-refractivity contribution in [2.24, 2.45) is 5.92 Å². The van der Waals surface area contributed by atoms with Crippen LogP contribution in [0.25, 0.3) is 0 Å². The zero-order chi connectivity index (χ0) is 16.1. The highest BCUT2D eigenvalue weighted by molar-refractivity contribution is 5.76. The lowest BCUT2D eigenvalue weighted by atomic mass is 10.1. The lowest BCUT2D eigenvalue weighted by Crippen LogP contribution is -2.49. The maximum atomic E-state index is 12.1. The third kappa shape index (κ3) is 3.93. The van der Waals surface area contributed by atoms with Gasteiger partial charge in [0.25, 0.3) is 0 Å². The monoisotopic (exact) mass is 306 g/mol. The van der Waals surface area contributed by atoms with E-state index in [1.54, 1.807) is 12.3 Å². The van der Waals surface area contributed by atoms with Crippen LogP contribution in [0.1, 0.15) is 26.7 Å². The molecule has 1 aliphatic heterocycles. The minimum atomic E-state index is -0.414. The minimum Gasteiger partial charge on any atom is -0.347 e. The van der Waals surface area contributed by atoms with Crippen molar-refractivity contribution in [2.75, 3.05) is 31.1 Å². The summed E-state index contributed by atoms with van der Waals surface area (Å²) in [6.45, 7) is 6.53. The second-order valence-corrected chi connectivity index (χ2v) is 5.90. The maximum absolute atomic E-state index is 12.1. The molecule has 0 N–H and O–H groups in total. The summed E-state index contributed by atoms with van der Waals surface area (Å²) in [6, 6.07) is 3.02. The number of pyridine rings is 1. The van der Waals surface area contributed by atoms with Gasteiger partial charge in [0.2, 0.25) is 11.7 Å². The Kier molecular flexibility index (Phi) is 5.30. The summed E-state index contributed by atoms with van der Waals surface area (Å²) >= 11 is 0. The van der Waals surface area contributed by atoms with Gasteiger partial charge < -0.3 is 9.80 Å². The van der Waals surface area contributed by atoms with Crippen LogP contribution in [0, 0.1) is 16.0 Å². The number of carbonyl (C=O) groups is 1. The topological polar surface area (TPSA) is 79.6 Å². The van der Waals surface area contributed by atoms with Gasteiger partial charge in [0.1, 0.15) is 0 Å². The van der Waals surface area contributed by atoms with Crippen molar-refractivity contribution in [1.29, 1.82) is 0 Å². The van der Waals surface area contributed by atoms with Crippen LogP contribution in [0.15, 0.2) is 18.3 Å². The lowest BCUT2D eigenvalue weighted by molar-refractivity contribution is -0.384. The first-order valence-corrected chi connectivity index (χ1v) is 7.61. The van der Waals surface area contributed by atoms with Gasteiger partial charge in [0, 0.05) is 44.9 Å². The van der Waals surface area contributed by atoms with Crippen LogP contribution in [-0.4, -0.2) is 46.9 Å². The molecule has 0 spiro atoms. The Hall–Kier alpha value is -2.18. The highest BCUT2D eigenvalue weighted by Gasteiger charge is 2.26. The molecule has 2 rings (SSSR count). The fourth-order valence-corrected chi connectivity index (χ4v) is 2.51. The van der Waals surface area contributed by atoms with Gasteiger partial charge in [0.15, 0.2) is 0 Å². The molecule has 0 bridgehead atoms. The van der Waals surface area contributed by atoms with E-state index in [4.69, 9.17) is 0 Å². The van der Waals surface area contributed by atoms with Crippen molar-refractivity contribution in [1.82, 2.24) is 9.88 Å². The maximum Gasteiger partial charge on any atom is 0.311 e. The molecule has 1 aromatic heterocycles. The molecule has 0 aliphatic carbocycles. The van der Waals surface area contributed by atoms with Crippen LogP contribution in [0.4, 0.5) is 11.5 Å². The highest BCUT2D eigenvalue weighted by Crippen LogP contribution is 2.25. The van der Waals surface area contributed by atoms with E-state index in [1.807, 2.05) is 9.80 Å². The van der Waals surface area contributed by atoms with E-state index >= 15 is 0 Å². The second kappa shape index (κ2) is 7.20. The van der Waals surface area contributed by atoms with Crippen molar-refractivity contribution in [2.45, 2.75) is 26.7 Å². The molecule has 0 saturated carbocycles. The highest BCUT2D eigenvalue weighted by atomic mass is 16.6. The molecule has 1 fully saturated rings. The average molecular weight is 306 g/mol. The van der Waals surface area contributed by atoms with Crippen molar-refractivity contribution in [3.05, 3.63) is 28.4 Å². The van der Waals surface area contributed by atoms with Gasteiger partial charge in [-0.25, -0.2) is 4.98 Å². The zero-order valence-corrected chi connectivity index (χ0v) is 13.1. The fourth-order valence-electron chi connectivity index (χ4n) is 2.51. The third-order valence-electron chi connectivity index (χ3n) is 3.83. The van der Waals surface area contributed by atoms with Gasteiger partial charge in [-0.3, -0.25) is 14.9 Å². The first-order valence-electron chi connectivity index (χ1n) is 7.61. The quantitative estimate of drug-likeness (QED) is 0.614.